The predicted molar refractivity (Wildman–Crippen MR) is 295 cm³/mol. The molecule has 0 unspecified atom stereocenters. The second-order valence-corrected chi connectivity index (χ2v) is 19.3. The van der Waals surface area contributed by atoms with Gasteiger partial charge >= 0.3 is 0 Å². The monoisotopic (exact) mass is 1170 g/mol. The standard InChI is InChI=1S/C48H76N12O18S2/c61-15-23-75-31-27-71-19-1-11-49-43-55-44(50-12-2-20-72-28-32-76-24-16-62)58-47(57-43)53-39-9-7-37(41(35-39)79(65,66)67)5-6-38-8-10-40(36-42(38)80(68,69)70)54-48-59-45(51-13-3-21-73-29-33-77-25-17-63)56-46(60-48)52-14-4-22-74-30-34-78-26-18-64/h5-10,35-36,61-64H,1-4,11-34H2,(H,65,66,67)(H,68,69,70)(H3,49,50,53,55,57,58)(H3,51,52,54,56,59,60). The predicted octanol–water partition coefficient (Wildman–Crippen LogP) is 1.52. The van der Waals surface area contributed by atoms with E-state index in [2.05, 4.69) is 61.8 Å². The minimum Gasteiger partial charge on any atom is -0.394 e. The number of ether oxygens (including phenoxy) is 8. The smallest absolute Gasteiger partial charge is 0.295 e. The summed E-state index contributed by atoms with van der Waals surface area (Å²) in [6.07, 6.45) is 4.79. The zero-order chi connectivity index (χ0) is 57.5. The third-order valence-corrected chi connectivity index (χ3v) is 12.1. The van der Waals surface area contributed by atoms with Gasteiger partial charge in [0.2, 0.25) is 35.7 Å². The van der Waals surface area contributed by atoms with Crippen molar-refractivity contribution in [3.05, 3.63) is 47.5 Å². The van der Waals surface area contributed by atoms with Gasteiger partial charge in [-0.3, -0.25) is 9.11 Å². The van der Waals surface area contributed by atoms with Crippen molar-refractivity contribution in [2.45, 2.75) is 35.5 Å². The third-order valence-electron chi connectivity index (χ3n) is 10.2. The lowest BCUT2D eigenvalue weighted by molar-refractivity contribution is 0.0331. The molecule has 0 saturated heterocycles. The van der Waals surface area contributed by atoms with Gasteiger partial charge in [0, 0.05) is 64.0 Å². The first kappa shape index (κ1) is 66.8. The number of aliphatic hydroxyl groups is 4. The molecule has 0 radical (unpaired) electrons. The van der Waals surface area contributed by atoms with E-state index in [1.165, 1.54) is 36.4 Å². The lowest BCUT2D eigenvalue weighted by atomic mass is 10.1. The van der Waals surface area contributed by atoms with Crippen LogP contribution in [0.4, 0.5) is 47.1 Å². The fourth-order valence-corrected chi connectivity index (χ4v) is 8.03. The van der Waals surface area contributed by atoms with Crippen molar-refractivity contribution in [3.63, 3.8) is 0 Å². The summed E-state index contributed by atoms with van der Waals surface area (Å²) in [5.74, 6) is 0.714. The summed E-state index contributed by atoms with van der Waals surface area (Å²) in [5.41, 5.74) is 0.196. The Balaban J connectivity index is 1.50. The number of nitrogens with one attached hydrogen (secondary N) is 6. The summed E-state index contributed by atoms with van der Waals surface area (Å²) >= 11 is 0. The number of nitrogens with zero attached hydrogens (tertiary/aromatic N) is 6. The minimum absolute atomic E-state index is 0.00577. The molecule has 0 aliphatic rings. The second kappa shape index (κ2) is 39.7. The highest BCUT2D eigenvalue weighted by atomic mass is 32.2. The maximum absolute atomic E-state index is 12.8. The van der Waals surface area contributed by atoms with Gasteiger partial charge in [-0.2, -0.15) is 46.7 Å². The topological polar surface area (TPSA) is 413 Å². The molecule has 0 amide bonds. The number of benzene rings is 2. The van der Waals surface area contributed by atoms with Crippen LogP contribution in [0.15, 0.2) is 46.2 Å². The highest BCUT2D eigenvalue weighted by molar-refractivity contribution is 7.86. The Hall–Kier alpha value is -5.66. The maximum atomic E-state index is 12.8. The van der Waals surface area contributed by atoms with Gasteiger partial charge in [-0.15, -0.1) is 0 Å². The summed E-state index contributed by atoms with van der Waals surface area (Å²) in [7, 11) is -9.82. The van der Waals surface area contributed by atoms with E-state index in [0.29, 0.717) is 131 Å². The zero-order valence-electron chi connectivity index (χ0n) is 44.5. The molecule has 0 fully saturated rings. The van der Waals surface area contributed by atoms with Crippen LogP contribution >= 0.6 is 0 Å². The van der Waals surface area contributed by atoms with Gasteiger partial charge in [-0.05, 0) is 61.1 Å². The van der Waals surface area contributed by atoms with Crippen LogP contribution in [0.25, 0.3) is 12.2 Å². The number of hydrogen-bond acceptors (Lipinski definition) is 28. The van der Waals surface area contributed by atoms with Crippen molar-refractivity contribution < 1.29 is 84.3 Å². The highest BCUT2D eigenvalue weighted by Crippen LogP contribution is 2.28. The van der Waals surface area contributed by atoms with Crippen LogP contribution in [0.3, 0.4) is 0 Å². The molecule has 0 bridgehead atoms. The van der Waals surface area contributed by atoms with Gasteiger partial charge in [-0.25, -0.2) is 0 Å². The number of aliphatic hydroxyl groups excluding tert-OH is 4. The molecular weight excluding hydrogens is 1100 g/mol. The second-order valence-electron chi connectivity index (χ2n) is 16.6. The summed E-state index contributed by atoms with van der Waals surface area (Å²) in [5, 5.41) is 53.8. The van der Waals surface area contributed by atoms with Gasteiger partial charge in [-0.1, -0.05) is 24.3 Å². The normalized spacial score (nSPS) is 11.8. The van der Waals surface area contributed by atoms with Gasteiger partial charge in [0.25, 0.3) is 20.2 Å². The van der Waals surface area contributed by atoms with Crippen molar-refractivity contribution in [1.29, 1.82) is 0 Å². The Morgan fingerprint density at radius 1 is 0.362 bits per heavy atom. The quantitative estimate of drug-likeness (QED) is 0.0169. The molecule has 80 heavy (non-hydrogen) atoms. The van der Waals surface area contributed by atoms with E-state index < -0.39 is 30.0 Å². The van der Waals surface area contributed by atoms with Gasteiger partial charge in [0.1, 0.15) is 9.79 Å². The fourth-order valence-electron chi connectivity index (χ4n) is 6.61. The van der Waals surface area contributed by atoms with Crippen molar-refractivity contribution >= 4 is 79.5 Å². The van der Waals surface area contributed by atoms with E-state index in [1.807, 2.05) is 0 Å². The molecule has 12 N–H and O–H groups in total. The fraction of sp³-hybridized carbons (Fsp3) is 0.583. The molecule has 2 heterocycles. The average Bonchev–Trinajstić information content (AvgIpc) is 3.45. The van der Waals surface area contributed by atoms with Crippen LogP contribution in [-0.4, -0.2) is 235 Å². The van der Waals surface area contributed by atoms with Crippen LogP contribution in [0.5, 0.6) is 0 Å². The van der Waals surface area contributed by atoms with E-state index in [0.717, 1.165) is 12.1 Å². The van der Waals surface area contributed by atoms with E-state index in [4.69, 9.17) is 58.3 Å². The first-order valence-corrected chi connectivity index (χ1v) is 28.7. The molecule has 0 spiro atoms. The molecule has 0 atom stereocenters. The third kappa shape index (κ3) is 28.7. The minimum atomic E-state index is -4.91. The first-order valence-electron chi connectivity index (χ1n) is 25.8. The number of aromatic nitrogens is 6. The van der Waals surface area contributed by atoms with Crippen molar-refractivity contribution in [1.82, 2.24) is 29.9 Å². The molecule has 448 valence electrons. The summed E-state index contributed by atoms with van der Waals surface area (Å²) in [6, 6.07) is 7.96. The summed E-state index contributed by atoms with van der Waals surface area (Å²) < 4.78 is 115. The van der Waals surface area contributed by atoms with Crippen LogP contribution in [0, 0.1) is 0 Å². The largest absolute Gasteiger partial charge is 0.394 e. The molecule has 30 nitrogen and oxygen atoms in total. The van der Waals surface area contributed by atoms with Gasteiger partial charge < -0.3 is 90.2 Å². The van der Waals surface area contributed by atoms with Crippen molar-refractivity contribution in [3.8, 4) is 0 Å². The first-order chi connectivity index (χ1) is 38.8. The summed E-state index contributed by atoms with van der Waals surface area (Å²) in [6.45, 7) is 6.56. The lowest BCUT2D eigenvalue weighted by Gasteiger charge is -2.13. The van der Waals surface area contributed by atoms with Crippen molar-refractivity contribution in [2.75, 3.05) is 190 Å². The lowest BCUT2D eigenvalue weighted by Crippen LogP contribution is -2.15. The van der Waals surface area contributed by atoms with E-state index in [-0.39, 0.29) is 111 Å². The Bertz CT molecular complexity index is 2360. The Morgan fingerprint density at radius 2 is 0.613 bits per heavy atom. The molecule has 0 saturated carbocycles. The van der Waals surface area contributed by atoms with Crippen molar-refractivity contribution in [2.24, 2.45) is 0 Å². The number of anilines is 8. The Labute approximate surface area is 465 Å². The molecule has 4 rings (SSSR count). The molecule has 2 aromatic heterocycles. The van der Waals surface area contributed by atoms with E-state index in [1.54, 1.807) is 0 Å². The Morgan fingerprint density at radius 3 is 0.863 bits per heavy atom. The summed E-state index contributed by atoms with van der Waals surface area (Å²) in [4.78, 5) is 25.5. The molecule has 0 aliphatic carbocycles. The number of rotatable bonds is 48. The maximum Gasteiger partial charge on any atom is 0.295 e. The Kier molecular flexibility index (Phi) is 33.2. The SMILES string of the molecule is O=S(=O)(O)c1cc(Nc2nc(NCCCOCCOCCO)nc(NCCCOCCOCCO)n2)ccc1C=Cc1ccc(Nc2nc(NCCCOCCOCCO)nc(NCCCOCCOCCO)n2)cc1S(=O)(=O)O. The van der Waals surface area contributed by atoms with Crippen LogP contribution in [-0.2, 0) is 58.1 Å². The highest BCUT2D eigenvalue weighted by Gasteiger charge is 2.19. The molecular formula is C48H76N12O18S2. The molecule has 4 aromatic rings. The van der Waals surface area contributed by atoms with E-state index >= 15 is 0 Å². The zero-order valence-corrected chi connectivity index (χ0v) is 46.1. The van der Waals surface area contributed by atoms with Crippen LogP contribution < -0.4 is 31.9 Å². The van der Waals surface area contributed by atoms with Crippen LogP contribution in [0.2, 0.25) is 0 Å². The van der Waals surface area contributed by atoms with Gasteiger partial charge in [0.15, 0.2) is 0 Å². The molecule has 0 aliphatic heterocycles. The van der Waals surface area contributed by atoms with Gasteiger partial charge in [0.05, 0.1) is 106 Å². The molecule has 32 heteroatoms. The average molecular weight is 1170 g/mol. The van der Waals surface area contributed by atoms with Crippen LogP contribution in [0.1, 0.15) is 36.8 Å². The molecule has 2 aromatic carbocycles. The number of hydrogen-bond donors (Lipinski definition) is 12. The van der Waals surface area contributed by atoms with E-state index in [9.17, 15) is 25.9 Å².